The lowest BCUT2D eigenvalue weighted by Crippen LogP contribution is -2.49. The van der Waals surface area contributed by atoms with Crippen LogP contribution in [0.4, 0.5) is 10.5 Å². The Bertz CT molecular complexity index is 620. The fourth-order valence-corrected chi connectivity index (χ4v) is 2.52. The van der Waals surface area contributed by atoms with Crippen LogP contribution in [0.1, 0.15) is 18.4 Å². The first-order chi connectivity index (χ1) is 10.7. The quantitative estimate of drug-likeness (QED) is 0.889. The minimum atomic E-state index is -0.353. The van der Waals surface area contributed by atoms with Gasteiger partial charge in [-0.3, -0.25) is 4.68 Å². The van der Waals surface area contributed by atoms with Crippen LogP contribution in [0.3, 0.4) is 0 Å². The van der Waals surface area contributed by atoms with Gasteiger partial charge in [-0.2, -0.15) is 5.10 Å². The van der Waals surface area contributed by atoms with Crippen LogP contribution in [-0.4, -0.2) is 28.0 Å². The van der Waals surface area contributed by atoms with Gasteiger partial charge in [0.05, 0.1) is 11.9 Å². The number of amides is 1. The average Bonchev–Trinajstić information content (AvgIpc) is 2.89. The number of rotatable bonds is 5. The number of alkyl carbamates (subject to hydrolysis) is 1. The third kappa shape index (κ3) is 3.78. The molecule has 1 heterocycles. The SMILES string of the molecule is Cn1cc(NC2CC(NC(=O)OCc3ccccc3)C2)cn1. The molecule has 2 aromatic rings. The van der Waals surface area contributed by atoms with E-state index in [2.05, 4.69) is 15.7 Å². The first kappa shape index (κ1) is 14.4. The van der Waals surface area contributed by atoms with Gasteiger partial charge < -0.3 is 15.4 Å². The number of carbonyl (C=O) groups excluding carboxylic acids is 1. The zero-order chi connectivity index (χ0) is 15.4. The molecule has 0 bridgehead atoms. The van der Waals surface area contributed by atoms with Gasteiger partial charge in [0, 0.05) is 25.3 Å². The van der Waals surface area contributed by atoms with Gasteiger partial charge in [0.1, 0.15) is 6.61 Å². The molecule has 6 heteroatoms. The summed E-state index contributed by atoms with van der Waals surface area (Å²) in [6, 6.07) is 10.2. The number of nitrogens with one attached hydrogen (secondary N) is 2. The van der Waals surface area contributed by atoms with Crippen LogP contribution in [0, 0.1) is 0 Å². The van der Waals surface area contributed by atoms with Gasteiger partial charge >= 0.3 is 6.09 Å². The molecule has 0 atom stereocenters. The predicted molar refractivity (Wildman–Crippen MR) is 83.4 cm³/mol. The van der Waals surface area contributed by atoms with Crippen LogP contribution in [0.25, 0.3) is 0 Å². The zero-order valence-corrected chi connectivity index (χ0v) is 12.5. The monoisotopic (exact) mass is 300 g/mol. The molecule has 1 saturated carbocycles. The molecule has 1 fully saturated rings. The van der Waals surface area contributed by atoms with E-state index >= 15 is 0 Å². The molecule has 1 aromatic carbocycles. The molecule has 0 unspecified atom stereocenters. The number of aromatic nitrogens is 2. The number of ether oxygens (including phenoxy) is 1. The van der Waals surface area contributed by atoms with Crippen LogP contribution in [0.5, 0.6) is 0 Å². The van der Waals surface area contributed by atoms with Crippen molar-refractivity contribution in [3.63, 3.8) is 0 Å². The highest BCUT2D eigenvalue weighted by Gasteiger charge is 2.30. The molecule has 0 radical (unpaired) electrons. The Kier molecular flexibility index (Phi) is 4.27. The number of anilines is 1. The highest BCUT2D eigenvalue weighted by atomic mass is 16.5. The average molecular weight is 300 g/mol. The molecule has 0 saturated heterocycles. The van der Waals surface area contributed by atoms with Crippen LogP contribution < -0.4 is 10.6 Å². The van der Waals surface area contributed by atoms with Gasteiger partial charge in [0.2, 0.25) is 0 Å². The number of benzene rings is 1. The van der Waals surface area contributed by atoms with Crippen molar-refractivity contribution in [1.29, 1.82) is 0 Å². The molecule has 116 valence electrons. The molecular weight excluding hydrogens is 280 g/mol. The third-order valence-electron chi connectivity index (χ3n) is 3.75. The minimum absolute atomic E-state index is 0.178. The Morgan fingerprint density at radius 2 is 2.09 bits per heavy atom. The van der Waals surface area contributed by atoms with Gasteiger partial charge in [-0.15, -0.1) is 0 Å². The molecule has 22 heavy (non-hydrogen) atoms. The predicted octanol–water partition coefficient (Wildman–Crippen LogP) is 2.29. The maximum Gasteiger partial charge on any atom is 0.407 e. The van der Waals surface area contributed by atoms with E-state index in [4.69, 9.17) is 4.74 Å². The third-order valence-corrected chi connectivity index (χ3v) is 3.75. The van der Waals surface area contributed by atoms with Crippen molar-refractivity contribution in [1.82, 2.24) is 15.1 Å². The Labute approximate surface area is 129 Å². The molecule has 0 aliphatic heterocycles. The Morgan fingerprint density at radius 3 is 2.77 bits per heavy atom. The molecular formula is C16H20N4O2. The molecule has 0 spiro atoms. The lowest BCUT2D eigenvalue weighted by atomic mass is 9.87. The summed E-state index contributed by atoms with van der Waals surface area (Å²) >= 11 is 0. The van der Waals surface area contributed by atoms with Crippen LogP contribution in [0.15, 0.2) is 42.7 Å². The first-order valence-electron chi connectivity index (χ1n) is 7.41. The lowest BCUT2D eigenvalue weighted by molar-refractivity contribution is 0.129. The fourth-order valence-electron chi connectivity index (χ4n) is 2.52. The van der Waals surface area contributed by atoms with Crippen molar-refractivity contribution in [2.75, 3.05) is 5.32 Å². The van der Waals surface area contributed by atoms with E-state index < -0.39 is 0 Å². The van der Waals surface area contributed by atoms with Crippen molar-refractivity contribution < 1.29 is 9.53 Å². The number of hydrogen-bond donors (Lipinski definition) is 2. The van der Waals surface area contributed by atoms with Gasteiger partial charge in [0.25, 0.3) is 0 Å². The summed E-state index contributed by atoms with van der Waals surface area (Å²) in [6.45, 7) is 0.302. The second-order valence-electron chi connectivity index (χ2n) is 5.62. The summed E-state index contributed by atoms with van der Waals surface area (Å²) in [5.41, 5.74) is 2.00. The molecule has 1 aromatic heterocycles. The highest BCUT2D eigenvalue weighted by Crippen LogP contribution is 2.24. The van der Waals surface area contributed by atoms with Crippen molar-refractivity contribution >= 4 is 11.8 Å². The van der Waals surface area contributed by atoms with Crippen molar-refractivity contribution in [2.45, 2.75) is 31.5 Å². The van der Waals surface area contributed by atoms with Crippen molar-refractivity contribution in [3.05, 3.63) is 48.3 Å². The fraction of sp³-hybridized carbons (Fsp3) is 0.375. The van der Waals surface area contributed by atoms with E-state index in [1.165, 1.54) is 0 Å². The zero-order valence-electron chi connectivity index (χ0n) is 12.5. The minimum Gasteiger partial charge on any atom is -0.445 e. The summed E-state index contributed by atoms with van der Waals surface area (Å²) < 4.78 is 6.97. The molecule has 1 amide bonds. The van der Waals surface area contributed by atoms with Crippen LogP contribution in [0.2, 0.25) is 0 Å². The van der Waals surface area contributed by atoms with E-state index in [1.54, 1.807) is 10.9 Å². The summed E-state index contributed by atoms with van der Waals surface area (Å²) in [6.07, 6.45) is 5.18. The van der Waals surface area contributed by atoms with E-state index in [0.717, 1.165) is 24.1 Å². The normalized spacial score (nSPS) is 20.0. The largest absolute Gasteiger partial charge is 0.445 e. The molecule has 1 aliphatic carbocycles. The Hall–Kier alpha value is -2.50. The van der Waals surface area contributed by atoms with Gasteiger partial charge in [-0.1, -0.05) is 30.3 Å². The number of carbonyl (C=O) groups is 1. The maximum absolute atomic E-state index is 11.7. The van der Waals surface area contributed by atoms with Crippen molar-refractivity contribution in [3.8, 4) is 0 Å². The Morgan fingerprint density at radius 1 is 1.32 bits per heavy atom. The number of nitrogens with zero attached hydrogens (tertiary/aromatic N) is 2. The lowest BCUT2D eigenvalue weighted by Gasteiger charge is -2.36. The van der Waals surface area contributed by atoms with Gasteiger partial charge in [-0.05, 0) is 18.4 Å². The second-order valence-corrected chi connectivity index (χ2v) is 5.62. The van der Waals surface area contributed by atoms with Crippen molar-refractivity contribution in [2.24, 2.45) is 7.05 Å². The molecule has 6 nitrogen and oxygen atoms in total. The topological polar surface area (TPSA) is 68.2 Å². The summed E-state index contributed by atoms with van der Waals surface area (Å²) in [7, 11) is 1.89. The van der Waals surface area contributed by atoms with Crippen LogP contribution >= 0.6 is 0 Å². The summed E-state index contributed by atoms with van der Waals surface area (Å²) in [5.74, 6) is 0. The molecule has 1 aliphatic rings. The summed E-state index contributed by atoms with van der Waals surface area (Å²) in [4.78, 5) is 11.7. The molecule has 2 N–H and O–H groups in total. The van der Waals surface area contributed by atoms with E-state index in [-0.39, 0.29) is 12.1 Å². The number of aryl methyl sites for hydroxylation is 1. The molecule has 3 rings (SSSR count). The smallest absolute Gasteiger partial charge is 0.407 e. The Balaban J connectivity index is 1.34. The summed E-state index contributed by atoms with van der Waals surface area (Å²) in [5, 5.41) is 10.4. The van der Waals surface area contributed by atoms with Crippen LogP contribution in [-0.2, 0) is 18.4 Å². The van der Waals surface area contributed by atoms with E-state index in [0.29, 0.717) is 12.6 Å². The second kappa shape index (κ2) is 6.51. The van der Waals surface area contributed by atoms with E-state index in [9.17, 15) is 4.79 Å². The first-order valence-corrected chi connectivity index (χ1v) is 7.41. The maximum atomic E-state index is 11.7. The van der Waals surface area contributed by atoms with Gasteiger partial charge in [-0.25, -0.2) is 4.79 Å². The van der Waals surface area contributed by atoms with Gasteiger partial charge in [0.15, 0.2) is 0 Å². The standard InChI is InChI=1S/C16H20N4O2/c1-20-10-15(9-17-20)18-13-7-14(8-13)19-16(21)22-11-12-5-3-2-4-6-12/h2-6,9-10,13-14,18H,7-8,11H2,1H3,(H,19,21). The number of hydrogen-bond acceptors (Lipinski definition) is 4. The van der Waals surface area contributed by atoms with E-state index in [1.807, 2.05) is 43.6 Å². The highest BCUT2D eigenvalue weighted by molar-refractivity contribution is 5.67.